The lowest BCUT2D eigenvalue weighted by molar-refractivity contribution is 0.122. The fraction of sp³-hybridized carbons (Fsp3) is 0.600. The largest absolute Gasteiger partial charge is 0.491 e. The number of hydrogen-bond donors (Lipinski definition) is 0. The maximum atomic E-state index is 14.5. The van der Waals surface area contributed by atoms with Crippen molar-refractivity contribution in [3.63, 3.8) is 0 Å². The molecule has 0 aliphatic carbocycles. The molecule has 0 radical (unpaired) electrons. The summed E-state index contributed by atoms with van der Waals surface area (Å²) in [6.45, 7) is 4.14. The molecular weight excluding hydrogens is 631 g/mol. The van der Waals surface area contributed by atoms with Gasteiger partial charge in [-0.1, -0.05) is 6.07 Å². The lowest BCUT2D eigenvalue weighted by Gasteiger charge is -2.34. The van der Waals surface area contributed by atoms with Crippen molar-refractivity contribution in [2.24, 2.45) is 0 Å². The first-order chi connectivity index (χ1) is 20.2. The van der Waals surface area contributed by atoms with Crippen LogP contribution in [0.4, 0.5) is 20.7 Å². The molecule has 1 aromatic carbocycles. The highest BCUT2D eigenvalue weighted by molar-refractivity contribution is 7.90. The molecule has 43 heavy (non-hydrogen) atoms. The first-order valence-corrected chi connectivity index (χ1v) is 15.8. The molecule has 2 saturated heterocycles. The van der Waals surface area contributed by atoms with Gasteiger partial charge in [0.15, 0.2) is 5.82 Å². The molecule has 4 heterocycles. The second-order valence-electron chi connectivity index (χ2n) is 10.2. The number of nitrogens with zero attached hydrogens (tertiary/aromatic N) is 9. The molecule has 0 saturated carbocycles. The summed E-state index contributed by atoms with van der Waals surface area (Å²) in [6.07, 6.45) is -2.17. The Labute approximate surface area is 260 Å². The second-order valence-corrected chi connectivity index (χ2v) is 12.7. The van der Waals surface area contributed by atoms with Crippen LogP contribution in [-0.4, -0.2) is 127 Å². The third-order valence-electron chi connectivity index (χ3n) is 7.02. The van der Waals surface area contributed by atoms with Crippen molar-refractivity contribution < 1.29 is 26.7 Å². The second kappa shape index (κ2) is 14.4. The minimum atomic E-state index is -3.57. The van der Waals surface area contributed by atoms with Gasteiger partial charge in [0.05, 0.1) is 25.3 Å². The van der Waals surface area contributed by atoms with Crippen LogP contribution in [0.1, 0.15) is 18.7 Å². The topological polar surface area (TPSA) is 122 Å². The van der Waals surface area contributed by atoms with E-state index in [1.807, 2.05) is 28.8 Å². The number of benzene rings is 1. The third kappa shape index (κ3) is 7.54. The zero-order chi connectivity index (χ0) is 29.9. The van der Waals surface area contributed by atoms with Gasteiger partial charge in [0.1, 0.15) is 16.5 Å². The summed E-state index contributed by atoms with van der Waals surface area (Å²) in [6, 6.07) is 5.10. The van der Waals surface area contributed by atoms with Crippen molar-refractivity contribution >= 4 is 57.0 Å². The van der Waals surface area contributed by atoms with E-state index < -0.39 is 27.5 Å². The Bertz CT molecular complexity index is 1480. The van der Waals surface area contributed by atoms with E-state index in [9.17, 15) is 17.2 Å². The fourth-order valence-electron chi connectivity index (χ4n) is 4.85. The molecule has 2 aliphatic heterocycles. The number of anilines is 2. The van der Waals surface area contributed by atoms with Crippen LogP contribution in [0.2, 0.25) is 0 Å². The number of hydrogen-bond acceptors (Lipinski definition) is 11. The zero-order valence-corrected chi connectivity index (χ0v) is 26.3. The van der Waals surface area contributed by atoms with Gasteiger partial charge in [-0.2, -0.15) is 19.3 Å². The summed E-state index contributed by atoms with van der Waals surface area (Å²) in [5, 5.41) is -0.504. The minimum Gasteiger partial charge on any atom is -0.491 e. The molecule has 0 amide bonds. The summed E-state index contributed by atoms with van der Waals surface area (Å²) in [7, 11) is 0.365. The van der Waals surface area contributed by atoms with Crippen molar-refractivity contribution in [2.45, 2.75) is 12.8 Å². The van der Waals surface area contributed by atoms with Crippen molar-refractivity contribution in [1.29, 1.82) is 0 Å². The van der Waals surface area contributed by atoms with E-state index in [4.69, 9.17) is 21.1 Å². The molecule has 238 valence electrons. The Kier molecular flexibility index (Phi) is 11.2. The predicted molar refractivity (Wildman–Crippen MR) is 162 cm³/mol. The normalized spacial score (nSPS) is 16.7. The van der Waals surface area contributed by atoms with E-state index in [1.54, 1.807) is 18.2 Å². The SMILES string of the molecule is CN(C)CCCOc1cccc2c1nc(C(F)F)n2-c1nc(N2CCOCC2)nc(N2CCN(S(=O)(=O)CCl)CC2)n1.Cl. The Morgan fingerprint density at radius 3 is 2.21 bits per heavy atom. The van der Waals surface area contributed by atoms with E-state index in [-0.39, 0.29) is 42.9 Å². The fourth-order valence-corrected chi connectivity index (χ4v) is 6.12. The summed E-state index contributed by atoms with van der Waals surface area (Å²) in [5.74, 6) is 0.429. The summed E-state index contributed by atoms with van der Waals surface area (Å²) in [5.41, 5.74) is 0.658. The van der Waals surface area contributed by atoms with Gasteiger partial charge in [-0.3, -0.25) is 4.57 Å². The van der Waals surface area contributed by atoms with Crippen LogP contribution >= 0.6 is 24.0 Å². The quantitative estimate of drug-likeness (QED) is 0.222. The molecule has 18 heteroatoms. The van der Waals surface area contributed by atoms with E-state index >= 15 is 0 Å². The number of aromatic nitrogens is 5. The van der Waals surface area contributed by atoms with Gasteiger partial charge in [0.2, 0.25) is 27.9 Å². The molecule has 5 rings (SSSR count). The number of para-hydroxylation sites is 1. The summed E-state index contributed by atoms with van der Waals surface area (Å²) >= 11 is 5.64. The molecule has 2 aromatic heterocycles. The molecule has 13 nitrogen and oxygen atoms in total. The van der Waals surface area contributed by atoms with Crippen LogP contribution in [0.25, 0.3) is 17.0 Å². The number of halogens is 4. The number of morpholine rings is 1. The third-order valence-corrected chi connectivity index (χ3v) is 9.28. The first-order valence-electron chi connectivity index (χ1n) is 13.6. The van der Waals surface area contributed by atoms with Gasteiger partial charge in [-0.05, 0) is 32.6 Å². The number of rotatable bonds is 11. The van der Waals surface area contributed by atoms with E-state index in [1.165, 1.54) is 8.87 Å². The lowest BCUT2D eigenvalue weighted by atomic mass is 10.3. The Morgan fingerprint density at radius 1 is 0.977 bits per heavy atom. The number of fused-ring (bicyclic) bond motifs is 1. The predicted octanol–water partition coefficient (Wildman–Crippen LogP) is 2.39. The standard InChI is InChI=1S/C25H34ClF2N9O4S.ClH/c1-33(2)7-4-14-41-19-6-3-5-18-20(19)29-22(21(27)28)37(18)25-31-23(30-24(32-25)35-12-15-40-16-13-35)34-8-10-36(11-9-34)42(38,39)17-26;/h3,5-6,21H,4,7-17H2,1-2H3;1H. The first kappa shape index (κ1) is 33.3. The summed E-state index contributed by atoms with van der Waals surface area (Å²) < 4.78 is 67.4. The van der Waals surface area contributed by atoms with Crippen LogP contribution in [0.15, 0.2) is 18.2 Å². The van der Waals surface area contributed by atoms with Crippen LogP contribution in [0, 0.1) is 0 Å². The Morgan fingerprint density at radius 2 is 1.60 bits per heavy atom. The minimum absolute atomic E-state index is 0. The van der Waals surface area contributed by atoms with Crippen LogP contribution in [0.3, 0.4) is 0 Å². The molecule has 2 fully saturated rings. The Balaban J connectivity index is 0.00000423. The van der Waals surface area contributed by atoms with E-state index in [0.717, 1.165) is 13.0 Å². The number of piperazine rings is 1. The molecular formula is C25H35Cl2F2N9O4S. The van der Waals surface area contributed by atoms with Gasteiger partial charge in [-0.25, -0.2) is 22.2 Å². The van der Waals surface area contributed by atoms with E-state index in [2.05, 4.69) is 19.9 Å². The molecule has 0 atom stereocenters. The van der Waals surface area contributed by atoms with Crippen LogP contribution in [0.5, 0.6) is 5.75 Å². The van der Waals surface area contributed by atoms with E-state index in [0.29, 0.717) is 63.2 Å². The zero-order valence-electron chi connectivity index (χ0n) is 23.9. The average Bonchev–Trinajstić information content (AvgIpc) is 3.40. The maximum absolute atomic E-state index is 14.5. The molecule has 0 spiro atoms. The number of alkyl halides is 3. The van der Waals surface area contributed by atoms with Crippen molar-refractivity contribution in [2.75, 3.05) is 94.7 Å². The Hall–Kier alpha value is -2.63. The van der Waals surface area contributed by atoms with Gasteiger partial charge >= 0.3 is 0 Å². The highest BCUT2D eigenvalue weighted by Crippen LogP contribution is 2.33. The molecule has 0 N–H and O–H groups in total. The van der Waals surface area contributed by atoms with Gasteiger partial charge in [-0.15, -0.1) is 24.0 Å². The molecule has 0 bridgehead atoms. The number of sulfonamides is 1. The highest BCUT2D eigenvalue weighted by atomic mass is 35.5. The molecule has 2 aliphatic rings. The lowest BCUT2D eigenvalue weighted by Crippen LogP contribution is -2.49. The monoisotopic (exact) mass is 665 g/mol. The molecule has 3 aromatic rings. The number of ether oxygens (including phenoxy) is 2. The highest BCUT2D eigenvalue weighted by Gasteiger charge is 2.30. The van der Waals surface area contributed by atoms with Crippen LogP contribution < -0.4 is 14.5 Å². The van der Waals surface area contributed by atoms with Gasteiger partial charge in [0.25, 0.3) is 6.43 Å². The average molecular weight is 667 g/mol. The maximum Gasteiger partial charge on any atom is 0.296 e. The van der Waals surface area contributed by atoms with Crippen molar-refractivity contribution in [3.05, 3.63) is 24.0 Å². The van der Waals surface area contributed by atoms with Crippen LogP contribution in [-0.2, 0) is 14.8 Å². The molecule has 0 unspecified atom stereocenters. The van der Waals surface area contributed by atoms with Gasteiger partial charge < -0.3 is 24.2 Å². The van der Waals surface area contributed by atoms with Gasteiger partial charge in [0, 0.05) is 45.8 Å². The number of imidazole rings is 1. The van der Waals surface area contributed by atoms with Crippen molar-refractivity contribution in [1.82, 2.24) is 33.7 Å². The van der Waals surface area contributed by atoms with Crippen molar-refractivity contribution in [3.8, 4) is 11.7 Å². The summed E-state index contributed by atoms with van der Waals surface area (Å²) in [4.78, 5) is 23.9. The smallest absolute Gasteiger partial charge is 0.296 e.